The maximum absolute atomic E-state index is 12.6. The fourth-order valence-electron chi connectivity index (χ4n) is 4.27. The number of carbonyl (C=O) groups excluding carboxylic acids is 1. The van der Waals surface area contributed by atoms with E-state index in [1.807, 2.05) is 0 Å². The lowest BCUT2D eigenvalue weighted by Gasteiger charge is -2.18. The van der Waals surface area contributed by atoms with Crippen molar-refractivity contribution in [3.8, 4) is 5.75 Å². The van der Waals surface area contributed by atoms with Crippen molar-refractivity contribution >= 4 is 5.97 Å². The van der Waals surface area contributed by atoms with Crippen LogP contribution in [0.1, 0.15) is 146 Å². The van der Waals surface area contributed by atoms with Crippen molar-refractivity contribution < 1.29 is 14.6 Å². The number of phenolic OH excluding ortho intramolecular Hbond substituents is 1. The summed E-state index contributed by atoms with van der Waals surface area (Å²) in [6, 6.07) is 6.38. The number of hydrogen-bond donors (Lipinski definition) is 1. The second-order valence-electron chi connectivity index (χ2n) is 9.45. The molecular formula is C29H50O3. The van der Waals surface area contributed by atoms with Crippen LogP contribution in [-0.2, 0) is 4.74 Å². The molecule has 1 N–H and O–H groups in total. The van der Waals surface area contributed by atoms with E-state index in [1.165, 1.54) is 96.3 Å². The Bertz CT molecular complexity index is 552. The van der Waals surface area contributed by atoms with Gasteiger partial charge in [0.05, 0.1) is 5.56 Å². The summed E-state index contributed by atoms with van der Waals surface area (Å²) in [5.74, 6) is -0.0859. The van der Waals surface area contributed by atoms with E-state index in [2.05, 4.69) is 13.8 Å². The summed E-state index contributed by atoms with van der Waals surface area (Å²) in [7, 11) is 0. The van der Waals surface area contributed by atoms with Crippen LogP contribution in [0, 0.1) is 0 Å². The van der Waals surface area contributed by atoms with Crippen molar-refractivity contribution in [1.29, 1.82) is 0 Å². The summed E-state index contributed by atoms with van der Waals surface area (Å²) < 4.78 is 5.89. The van der Waals surface area contributed by atoms with Gasteiger partial charge in [0.2, 0.25) is 0 Å². The Morgan fingerprint density at radius 3 is 1.44 bits per heavy atom. The largest absolute Gasteiger partial charge is 0.508 e. The van der Waals surface area contributed by atoms with E-state index in [1.54, 1.807) is 24.3 Å². The van der Waals surface area contributed by atoms with Gasteiger partial charge >= 0.3 is 5.97 Å². The van der Waals surface area contributed by atoms with E-state index in [4.69, 9.17) is 4.74 Å². The Kier molecular flexibility index (Phi) is 17.9. The first kappa shape index (κ1) is 28.5. The normalized spacial score (nSPS) is 12.1. The lowest BCUT2D eigenvalue weighted by atomic mass is 10.0. The molecule has 0 spiro atoms. The Hall–Kier alpha value is -1.51. The van der Waals surface area contributed by atoms with Crippen LogP contribution in [-0.4, -0.2) is 17.2 Å². The standard InChI is InChI=1S/C29H50O3/c1-3-5-7-9-11-13-15-17-19-21-28(20-18-16-14-12-10-8-6-4-2)32-29(31)26-22-24-27(30)25-23-26/h22-25,28,30H,3-21H2,1-2H3. The van der Waals surface area contributed by atoms with Crippen molar-refractivity contribution in [2.45, 2.75) is 142 Å². The molecule has 0 saturated heterocycles. The summed E-state index contributed by atoms with van der Waals surface area (Å²) in [4.78, 5) is 12.6. The number of rotatable bonds is 21. The zero-order valence-electron chi connectivity index (χ0n) is 21.1. The van der Waals surface area contributed by atoms with Crippen LogP contribution < -0.4 is 0 Å². The number of benzene rings is 1. The van der Waals surface area contributed by atoms with Gasteiger partial charge in [-0.25, -0.2) is 4.79 Å². The Morgan fingerprint density at radius 1 is 0.656 bits per heavy atom. The molecule has 0 heterocycles. The highest BCUT2D eigenvalue weighted by Crippen LogP contribution is 2.19. The molecule has 0 aliphatic heterocycles. The molecule has 0 aromatic heterocycles. The fraction of sp³-hybridized carbons (Fsp3) is 0.759. The topological polar surface area (TPSA) is 46.5 Å². The third kappa shape index (κ3) is 15.3. The fourth-order valence-corrected chi connectivity index (χ4v) is 4.27. The lowest BCUT2D eigenvalue weighted by Crippen LogP contribution is -2.18. The molecule has 0 amide bonds. The number of unbranched alkanes of at least 4 members (excludes halogenated alkanes) is 15. The molecule has 1 unspecified atom stereocenters. The smallest absolute Gasteiger partial charge is 0.338 e. The molecule has 1 rings (SSSR count). The quantitative estimate of drug-likeness (QED) is 0.151. The van der Waals surface area contributed by atoms with Crippen LogP contribution in [0.2, 0.25) is 0 Å². The zero-order valence-corrected chi connectivity index (χ0v) is 21.1. The van der Waals surface area contributed by atoms with Gasteiger partial charge in [-0.3, -0.25) is 0 Å². The van der Waals surface area contributed by atoms with Gasteiger partial charge in [-0.15, -0.1) is 0 Å². The van der Waals surface area contributed by atoms with Gasteiger partial charge in [0.25, 0.3) is 0 Å². The molecule has 0 aliphatic rings. The van der Waals surface area contributed by atoms with Crippen LogP contribution >= 0.6 is 0 Å². The lowest BCUT2D eigenvalue weighted by molar-refractivity contribution is 0.0249. The monoisotopic (exact) mass is 446 g/mol. The van der Waals surface area contributed by atoms with E-state index in [0.717, 1.165) is 25.7 Å². The van der Waals surface area contributed by atoms with Crippen LogP contribution in [0.25, 0.3) is 0 Å². The van der Waals surface area contributed by atoms with E-state index < -0.39 is 0 Å². The SMILES string of the molecule is CCCCCCCCCCCC(CCCCCCCCCC)OC(=O)c1ccc(O)cc1. The Labute approximate surface area is 198 Å². The summed E-state index contributed by atoms with van der Waals surface area (Å²) in [6.45, 7) is 4.52. The van der Waals surface area contributed by atoms with Gasteiger partial charge in [0.1, 0.15) is 11.9 Å². The molecule has 184 valence electrons. The minimum atomic E-state index is -0.259. The third-order valence-corrected chi connectivity index (χ3v) is 6.39. The average Bonchev–Trinajstić information content (AvgIpc) is 2.79. The third-order valence-electron chi connectivity index (χ3n) is 6.39. The highest BCUT2D eigenvalue weighted by atomic mass is 16.5. The maximum Gasteiger partial charge on any atom is 0.338 e. The Balaban J connectivity index is 2.31. The first-order chi connectivity index (χ1) is 15.7. The zero-order chi connectivity index (χ0) is 23.3. The molecule has 0 saturated carbocycles. The van der Waals surface area contributed by atoms with E-state index in [-0.39, 0.29) is 17.8 Å². The highest BCUT2D eigenvalue weighted by molar-refractivity contribution is 5.89. The minimum absolute atomic E-state index is 0.0148. The number of ether oxygens (including phenoxy) is 1. The molecule has 32 heavy (non-hydrogen) atoms. The number of esters is 1. The second-order valence-corrected chi connectivity index (χ2v) is 9.45. The van der Waals surface area contributed by atoms with Crippen molar-refractivity contribution in [3.05, 3.63) is 29.8 Å². The van der Waals surface area contributed by atoms with Gasteiger partial charge in [0, 0.05) is 0 Å². The Morgan fingerprint density at radius 2 is 1.03 bits per heavy atom. The van der Waals surface area contributed by atoms with Crippen molar-refractivity contribution in [2.75, 3.05) is 0 Å². The summed E-state index contributed by atoms with van der Waals surface area (Å²) in [5.41, 5.74) is 0.524. The number of hydrogen-bond acceptors (Lipinski definition) is 3. The van der Waals surface area contributed by atoms with Crippen LogP contribution in [0.15, 0.2) is 24.3 Å². The van der Waals surface area contributed by atoms with E-state index in [9.17, 15) is 9.90 Å². The van der Waals surface area contributed by atoms with Crippen molar-refractivity contribution in [2.24, 2.45) is 0 Å². The van der Waals surface area contributed by atoms with E-state index >= 15 is 0 Å². The molecule has 1 atom stereocenters. The second kappa shape index (κ2) is 20.1. The van der Waals surface area contributed by atoms with Crippen LogP contribution in [0.3, 0.4) is 0 Å². The molecule has 0 fully saturated rings. The average molecular weight is 447 g/mol. The molecule has 1 aromatic carbocycles. The molecule has 0 aliphatic carbocycles. The maximum atomic E-state index is 12.6. The van der Waals surface area contributed by atoms with Gasteiger partial charge < -0.3 is 9.84 Å². The van der Waals surface area contributed by atoms with Gasteiger partial charge in [-0.2, -0.15) is 0 Å². The predicted molar refractivity (Wildman–Crippen MR) is 136 cm³/mol. The molecule has 0 bridgehead atoms. The summed E-state index contributed by atoms with van der Waals surface area (Å²) >= 11 is 0. The van der Waals surface area contributed by atoms with E-state index in [0.29, 0.717) is 5.56 Å². The molecule has 1 aromatic rings. The summed E-state index contributed by atoms with van der Waals surface area (Å²) in [6.07, 6.45) is 24.1. The first-order valence-electron chi connectivity index (χ1n) is 13.7. The molecule has 0 radical (unpaired) electrons. The molecule has 3 heteroatoms. The molecule has 3 nitrogen and oxygen atoms in total. The predicted octanol–water partition coefficient (Wildman–Crippen LogP) is 9.37. The molecular weight excluding hydrogens is 396 g/mol. The summed E-state index contributed by atoms with van der Waals surface area (Å²) in [5, 5.41) is 9.45. The number of aromatic hydroxyl groups is 1. The van der Waals surface area contributed by atoms with Gasteiger partial charge in [-0.1, -0.05) is 110 Å². The van der Waals surface area contributed by atoms with Gasteiger partial charge in [0.15, 0.2) is 0 Å². The minimum Gasteiger partial charge on any atom is -0.508 e. The van der Waals surface area contributed by atoms with Crippen LogP contribution in [0.5, 0.6) is 5.75 Å². The highest BCUT2D eigenvalue weighted by Gasteiger charge is 2.16. The van der Waals surface area contributed by atoms with Gasteiger partial charge in [-0.05, 0) is 49.9 Å². The van der Waals surface area contributed by atoms with Crippen molar-refractivity contribution in [3.63, 3.8) is 0 Å². The first-order valence-corrected chi connectivity index (χ1v) is 13.7. The number of phenols is 1. The number of carbonyl (C=O) groups is 1. The van der Waals surface area contributed by atoms with Crippen molar-refractivity contribution in [1.82, 2.24) is 0 Å². The van der Waals surface area contributed by atoms with Crippen LogP contribution in [0.4, 0.5) is 0 Å².